The van der Waals surface area contributed by atoms with Crippen LogP contribution in [-0.4, -0.2) is 53.0 Å². The second kappa shape index (κ2) is 10.3. The van der Waals surface area contributed by atoms with Gasteiger partial charge in [-0.15, -0.1) is 0 Å². The van der Waals surface area contributed by atoms with Gasteiger partial charge in [-0.2, -0.15) is 0 Å². The molecule has 0 aliphatic heterocycles. The Labute approximate surface area is 163 Å². The predicted octanol–water partition coefficient (Wildman–Crippen LogP) is 2.70. The van der Waals surface area contributed by atoms with Crippen LogP contribution in [-0.2, 0) is 11.3 Å². The molecule has 4 N–H and O–H groups in total. The zero-order chi connectivity index (χ0) is 19.1. The molecule has 1 saturated carbocycles. The van der Waals surface area contributed by atoms with E-state index >= 15 is 0 Å². The Bertz CT molecular complexity index is 605. The largest absolute Gasteiger partial charge is 0.459 e. The molecule has 0 bridgehead atoms. The third-order valence-corrected chi connectivity index (χ3v) is 5.60. The number of carbonyl (C=O) groups excluding carboxylic acids is 1. The molecule has 1 unspecified atom stereocenters. The van der Waals surface area contributed by atoms with Crippen molar-refractivity contribution in [3.05, 3.63) is 27.7 Å². The van der Waals surface area contributed by atoms with Crippen LogP contribution in [0, 0.1) is 0 Å². The van der Waals surface area contributed by atoms with Gasteiger partial charge in [-0.05, 0) is 53.0 Å². The Balaban J connectivity index is 2.14. The van der Waals surface area contributed by atoms with Gasteiger partial charge in [-0.3, -0.25) is 4.90 Å². The lowest BCUT2D eigenvalue weighted by molar-refractivity contribution is 0.00931. The van der Waals surface area contributed by atoms with Crippen molar-refractivity contribution in [3.8, 4) is 0 Å². The Morgan fingerprint density at radius 2 is 2.08 bits per heavy atom. The highest BCUT2D eigenvalue weighted by Crippen LogP contribution is 2.29. The van der Waals surface area contributed by atoms with E-state index in [9.17, 15) is 9.90 Å². The number of benzene rings is 1. The highest BCUT2D eigenvalue weighted by molar-refractivity contribution is 9.10. The minimum Gasteiger partial charge on any atom is -0.459 e. The lowest BCUT2D eigenvalue weighted by Gasteiger charge is -2.34. The molecule has 1 fully saturated rings. The van der Waals surface area contributed by atoms with Crippen LogP contribution in [0.15, 0.2) is 16.6 Å². The van der Waals surface area contributed by atoms with Gasteiger partial charge < -0.3 is 20.7 Å². The highest BCUT2D eigenvalue weighted by Gasteiger charge is 2.22. The average molecular weight is 429 g/mol. The first-order valence-corrected chi connectivity index (χ1v) is 10.0. The molecule has 26 heavy (non-hydrogen) atoms. The molecule has 1 atom stereocenters. The molecule has 0 aromatic heterocycles. The zero-order valence-corrected chi connectivity index (χ0v) is 16.9. The number of hydrogen-bond donors (Lipinski definition) is 3. The molecule has 0 amide bonds. The summed E-state index contributed by atoms with van der Waals surface area (Å²) in [6.07, 6.45) is 5.17. The van der Waals surface area contributed by atoms with Crippen LogP contribution >= 0.6 is 15.9 Å². The molecule has 1 aliphatic rings. The first kappa shape index (κ1) is 21.2. The van der Waals surface area contributed by atoms with Gasteiger partial charge in [0.2, 0.25) is 0 Å². The number of nitrogens with zero attached hydrogens (tertiary/aromatic N) is 1. The van der Waals surface area contributed by atoms with Gasteiger partial charge in [0.05, 0.1) is 17.9 Å². The SMILES string of the molecule is CCN(Cc1cc(C(=O)OCC(O)CO)cc(Br)c1N)C1CCCCC1. The normalized spacial score (nSPS) is 16.7. The summed E-state index contributed by atoms with van der Waals surface area (Å²) in [5.74, 6) is -0.542. The van der Waals surface area contributed by atoms with Crippen LogP contribution in [0.2, 0.25) is 0 Å². The zero-order valence-electron chi connectivity index (χ0n) is 15.3. The number of aliphatic hydroxyl groups is 2. The highest BCUT2D eigenvalue weighted by atomic mass is 79.9. The molecule has 1 aromatic carbocycles. The molecule has 6 nitrogen and oxygen atoms in total. The summed E-state index contributed by atoms with van der Waals surface area (Å²) in [5.41, 5.74) is 8.13. The van der Waals surface area contributed by atoms with Gasteiger partial charge in [0.25, 0.3) is 0 Å². The summed E-state index contributed by atoms with van der Waals surface area (Å²) in [7, 11) is 0. The molecule has 0 saturated heterocycles. The minimum atomic E-state index is -1.07. The van der Waals surface area contributed by atoms with Crippen molar-refractivity contribution in [1.82, 2.24) is 4.90 Å². The summed E-state index contributed by atoms with van der Waals surface area (Å²) in [6, 6.07) is 3.95. The van der Waals surface area contributed by atoms with E-state index < -0.39 is 18.7 Å². The van der Waals surface area contributed by atoms with Crippen LogP contribution in [0.3, 0.4) is 0 Å². The number of anilines is 1. The first-order chi connectivity index (χ1) is 12.5. The van der Waals surface area contributed by atoms with E-state index in [1.165, 1.54) is 32.1 Å². The summed E-state index contributed by atoms with van der Waals surface area (Å²) in [6.45, 7) is 3.08. The summed E-state index contributed by atoms with van der Waals surface area (Å²) < 4.78 is 5.71. The van der Waals surface area contributed by atoms with Crippen molar-refractivity contribution in [2.24, 2.45) is 0 Å². The van der Waals surface area contributed by atoms with E-state index in [-0.39, 0.29) is 6.61 Å². The fourth-order valence-corrected chi connectivity index (χ4v) is 3.90. The molecule has 2 rings (SSSR count). The second-order valence-corrected chi connectivity index (χ2v) is 7.67. The van der Waals surface area contributed by atoms with Crippen molar-refractivity contribution < 1.29 is 19.7 Å². The molecule has 146 valence electrons. The number of carbonyl (C=O) groups is 1. The minimum absolute atomic E-state index is 0.240. The Morgan fingerprint density at radius 1 is 1.38 bits per heavy atom. The Hall–Kier alpha value is -1.15. The van der Waals surface area contributed by atoms with Crippen LogP contribution in [0.25, 0.3) is 0 Å². The van der Waals surface area contributed by atoms with Crippen molar-refractivity contribution in [1.29, 1.82) is 0 Å². The smallest absolute Gasteiger partial charge is 0.338 e. The maximum absolute atomic E-state index is 12.2. The van der Waals surface area contributed by atoms with Crippen molar-refractivity contribution in [2.75, 3.05) is 25.5 Å². The number of rotatable bonds is 8. The third kappa shape index (κ3) is 5.67. The molecular formula is C19H29BrN2O4. The van der Waals surface area contributed by atoms with Gasteiger partial charge in [-0.25, -0.2) is 4.79 Å². The van der Waals surface area contributed by atoms with Crippen molar-refractivity contribution in [2.45, 2.75) is 57.7 Å². The number of nitrogen functional groups attached to an aromatic ring is 1. The monoisotopic (exact) mass is 428 g/mol. The van der Waals surface area contributed by atoms with E-state index in [1.807, 2.05) is 0 Å². The number of halogens is 1. The van der Waals surface area contributed by atoms with E-state index in [2.05, 4.69) is 27.8 Å². The average Bonchev–Trinajstić information content (AvgIpc) is 2.67. The van der Waals surface area contributed by atoms with E-state index in [0.717, 1.165) is 12.1 Å². The molecule has 0 radical (unpaired) electrons. The molecule has 7 heteroatoms. The first-order valence-electron chi connectivity index (χ1n) is 9.24. The van der Waals surface area contributed by atoms with E-state index in [0.29, 0.717) is 28.3 Å². The van der Waals surface area contributed by atoms with Crippen LogP contribution in [0.1, 0.15) is 54.9 Å². The maximum atomic E-state index is 12.2. The lowest BCUT2D eigenvalue weighted by Crippen LogP contribution is -2.36. The van der Waals surface area contributed by atoms with Gasteiger partial charge in [0, 0.05) is 17.1 Å². The number of hydrogen-bond acceptors (Lipinski definition) is 6. The number of aliphatic hydroxyl groups excluding tert-OH is 2. The Kier molecular flexibility index (Phi) is 8.34. The van der Waals surface area contributed by atoms with E-state index in [4.69, 9.17) is 15.6 Å². The molecule has 0 spiro atoms. The maximum Gasteiger partial charge on any atom is 0.338 e. The topological polar surface area (TPSA) is 96.0 Å². The molecular weight excluding hydrogens is 400 g/mol. The van der Waals surface area contributed by atoms with Gasteiger partial charge in [0.15, 0.2) is 0 Å². The van der Waals surface area contributed by atoms with Crippen molar-refractivity contribution in [3.63, 3.8) is 0 Å². The molecule has 0 heterocycles. The number of nitrogens with two attached hydrogens (primary N) is 1. The quantitative estimate of drug-likeness (QED) is 0.435. The summed E-state index contributed by atoms with van der Waals surface area (Å²) in [5, 5.41) is 18.2. The van der Waals surface area contributed by atoms with E-state index in [1.54, 1.807) is 12.1 Å². The lowest BCUT2D eigenvalue weighted by atomic mass is 9.93. The number of esters is 1. The number of ether oxygens (including phenoxy) is 1. The fourth-order valence-electron chi connectivity index (χ4n) is 3.40. The summed E-state index contributed by atoms with van der Waals surface area (Å²) in [4.78, 5) is 14.7. The van der Waals surface area contributed by atoms with Crippen molar-refractivity contribution >= 4 is 27.6 Å². The van der Waals surface area contributed by atoms with Crippen LogP contribution in [0.5, 0.6) is 0 Å². The molecule has 1 aromatic rings. The predicted molar refractivity (Wildman–Crippen MR) is 105 cm³/mol. The van der Waals surface area contributed by atoms with Gasteiger partial charge in [0.1, 0.15) is 12.7 Å². The van der Waals surface area contributed by atoms with Crippen LogP contribution in [0.4, 0.5) is 5.69 Å². The fraction of sp³-hybridized carbons (Fsp3) is 0.632. The van der Waals surface area contributed by atoms with Crippen LogP contribution < -0.4 is 5.73 Å². The Morgan fingerprint density at radius 3 is 2.69 bits per heavy atom. The molecule has 1 aliphatic carbocycles. The third-order valence-electron chi connectivity index (χ3n) is 4.94. The van der Waals surface area contributed by atoms with Gasteiger partial charge in [-0.1, -0.05) is 26.2 Å². The second-order valence-electron chi connectivity index (χ2n) is 6.82. The summed E-state index contributed by atoms with van der Waals surface area (Å²) >= 11 is 3.43. The standard InChI is InChI=1S/C19H29BrN2O4/c1-2-22(15-6-4-3-5-7-15)10-14-8-13(9-17(20)18(14)21)19(25)26-12-16(24)11-23/h8-9,15-16,23-24H,2-7,10-12,21H2,1H3. The van der Waals surface area contributed by atoms with Gasteiger partial charge >= 0.3 is 5.97 Å².